The molecule has 0 saturated carbocycles. The maximum atomic E-state index is 12.6. The van der Waals surface area contributed by atoms with Crippen LogP contribution in [0.1, 0.15) is 22.3 Å². The molecule has 2 amide bonds. The summed E-state index contributed by atoms with van der Waals surface area (Å²) in [6, 6.07) is 14.1. The molecule has 0 heterocycles. The fraction of sp³-hybridized carbons (Fsp3) is 0.200. The first-order valence-electron chi connectivity index (χ1n) is 8.36. The molecular formula is C20H21BrN2O4. The second kappa shape index (κ2) is 10.5. The molecular weight excluding hydrogens is 412 g/mol. The first kappa shape index (κ1) is 20.7. The van der Waals surface area contributed by atoms with Crippen molar-refractivity contribution in [3.05, 3.63) is 69.8 Å². The number of aliphatic hydroxyl groups is 1. The van der Waals surface area contributed by atoms with E-state index in [1.165, 1.54) is 0 Å². The van der Waals surface area contributed by atoms with Crippen LogP contribution in [0.15, 0.2) is 58.7 Å². The highest BCUT2D eigenvalue weighted by Gasteiger charge is 2.16. The zero-order chi connectivity index (χ0) is 19.6. The lowest BCUT2D eigenvalue weighted by Crippen LogP contribution is -2.35. The Balaban J connectivity index is 2.25. The van der Waals surface area contributed by atoms with E-state index in [4.69, 9.17) is 9.84 Å². The lowest BCUT2D eigenvalue weighted by Gasteiger charge is -2.12. The van der Waals surface area contributed by atoms with Crippen molar-refractivity contribution in [2.45, 2.75) is 6.42 Å². The van der Waals surface area contributed by atoms with Gasteiger partial charge in [0, 0.05) is 17.6 Å². The van der Waals surface area contributed by atoms with Gasteiger partial charge in [-0.2, -0.15) is 0 Å². The molecule has 0 unspecified atom stereocenters. The van der Waals surface area contributed by atoms with Crippen molar-refractivity contribution in [2.24, 2.45) is 0 Å². The molecule has 2 rings (SSSR count). The fourth-order valence-electron chi connectivity index (χ4n) is 2.24. The minimum absolute atomic E-state index is 0.0267. The summed E-state index contributed by atoms with van der Waals surface area (Å²) < 4.78 is 5.76. The Kier molecular flexibility index (Phi) is 8.03. The van der Waals surface area contributed by atoms with Crippen LogP contribution >= 0.6 is 15.9 Å². The van der Waals surface area contributed by atoms with Crippen LogP contribution < -0.4 is 15.4 Å². The van der Waals surface area contributed by atoms with Crippen molar-refractivity contribution in [3.8, 4) is 5.75 Å². The van der Waals surface area contributed by atoms with Gasteiger partial charge in [0.2, 0.25) is 0 Å². The van der Waals surface area contributed by atoms with Crippen molar-refractivity contribution < 1.29 is 19.4 Å². The van der Waals surface area contributed by atoms with Gasteiger partial charge in [-0.15, -0.1) is 0 Å². The maximum Gasteiger partial charge on any atom is 0.267 e. The van der Waals surface area contributed by atoms with Gasteiger partial charge in [0.25, 0.3) is 11.8 Å². The van der Waals surface area contributed by atoms with E-state index in [1.54, 1.807) is 61.7 Å². The molecule has 0 aromatic heterocycles. The third kappa shape index (κ3) is 6.23. The van der Waals surface area contributed by atoms with Crippen molar-refractivity contribution in [3.63, 3.8) is 0 Å². The molecule has 0 aliphatic carbocycles. The highest BCUT2D eigenvalue weighted by atomic mass is 79.9. The SMILES string of the molecule is COc1ccc(/C=C(/NC(=O)c2ccccc2Br)C(=O)NCCCO)cc1. The molecule has 142 valence electrons. The quantitative estimate of drug-likeness (QED) is 0.442. The second-order valence-electron chi connectivity index (χ2n) is 5.60. The predicted octanol–water partition coefficient (Wildman–Crippen LogP) is 2.73. The summed E-state index contributed by atoms with van der Waals surface area (Å²) in [6.45, 7) is 0.279. The van der Waals surface area contributed by atoms with E-state index in [9.17, 15) is 9.59 Å². The topological polar surface area (TPSA) is 87.7 Å². The van der Waals surface area contributed by atoms with Crippen molar-refractivity contribution in [2.75, 3.05) is 20.3 Å². The van der Waals surface area contributed by atoms with Gasteiger partial charge in [0.05, 0.1) is 12.7 Å². The van der Waals surface area contributed by atoms with Crippen LogP contribution in [0.2, 0.25) is 0 Å². The van der Waals surface area contributed by atoms with Gasteiger partial charge in [-0.25, -0.2) is 0 Å². The van der Waals surface area contributed by atoms with E-state index in [-0.39, 0.29) is 12.3 Å². The van der Waals surface area contributed by atoms with E-state index in [0.29, 0.717) is 28.8 Å². The number of rotatable bonds is 8. The Bertz CT molecular complexity index is 819. The van der Waals surface area contributed by atoms with Gasteiger partial charge in [-0.3, -0.25) is 9.59 Å². The van der Waals surface area contributed by atoms with Crippen molar-refractivity contribution in [1.29, 1.82) is 0 Å². The van der Waals surface area contributed by atoms with E-state index >= 15 is 0 Å². The Hall–Kier alpha value is -2.64. The number of carbonyl (C=O) groups is 2. The number of halogens is 1. The second-order valence-corrected chi connectivity index (χ2v) is 6.45. The molecule has 6 nitrogen and oxygen atoms in total. The van der Waals surface area contributed by atoms with Gasteiger partial charge in [-0.05, 0) is 58.3 Å². The van der Waals surface area contributed by atoms with Crippen LogP contribution in [0.4, 0.5) is 0 Å². The van der Waals surface area contributed by atoms with E-state index in [1.807, 2.05) is 0 Å². The molecule has 0 atom stereocenters. The van der Waals surface area contributed by atoms with Crippen LogP contribution in [0.5, 0.6) is 5.75 Å². The number of amides is 2. The molecule has 0 aliphatic heterocycles. The minimum Gasteiger partial charge on any atom is -0.497 e. The Morgan fingerprint density at radius 2 is 1.85 bits per heavy atom. The summed E-state index contributed by atoms with van der Waals surface area (Å²) in [4.78, 5) is 25.1. The van der Waals surface area contributed by atoms with Gasteiger partial charge in [0.1, 0.15) is 11.4 Å². The van der Waals surface area contributed by atoms with Gasteiger partial charge in [-0.1, -0.05) is 24.3 Å². The van der Waals surface area contributed by atoms with Crippen LogP contribution in [0.25, 0.3) is 6.08 Å². The van der Waals surface area contributed by atoms with Gasteiger partial charge in [0.15, 0.2) is 0 Å². The van der Waals surface area contributed by atoms with Crippen LogP contribution in [-0.2, 0) is 4.79 Å². The third-order valence-electron chi connectivity index (χ3n) is 3.66. The molecule has 0 saturated heterocycles. The number of carbonyl (C=O) groups excluding carboxylic acids is 2. The molecule has 0 fully saturated rings. The van der Waals surface area contributed by atoms with E-state index < -0.39 is 11.8 Å². The number of benzene rings is 2. The first-order chi connectivity index (χ1) is 13.0. The predicted molar refractivity (Wildman–Crippen MR) is 107 cm³/mol. The number of ether oxygens (including phenoxy) is 1. The number of hydrogen-bond donors (Lipinski definition) is 3. The maximum absolute atomic E-state index is 12.6. The molecule has 0 bridgehead atoms. The first-order valence-corrected chi connectivity index (χ1v) is 9.15. The zero-order valence-electron chi connectivity index (χ0n) is 14.9. The largest absolute Gasteiger partial charge is 0.497 e. The standard InChI is InChI=1S/C20H21BrN2O4/c1-27-15-9-7-14(8-10-15)13-18(20(26)22-11-4-12-24)23-19(25)16-5-2-3-6-17(16)21/h2-3,5-10,13,24H,4,11-12H2,1H3,(H,22,26)(H,23,25)/b18-13+. The number of nitrogens with one attached hydrogen (secondary N) is 2. The summed E-state index contributed by atoms with van der Waals surface area (Å²) in [5.74, 6) is -0.141. The van der Waals surface area contributed by atoms with Gasteiger partial charge >= 0.3 is 0 Å². The zero-order valence-corrected chi connectivity index (χ0v) is 16.5. The van der Waals surface area contributed by atoms with Crippen molar-refractivity contribution in [1.82, 2.24) is 10.6 Å². The molecule has 2 aromatic carbocycles. The fourth-order valence-corrected chi connectivity index (χ4v) is 2.70. The summed E-state index contributed by atoms with van der Waals surface area (Å²) >= 11 is 3.34. The van der Waals surface area contributed by atoms with Crippen LogP contribution in [0, 0.1) is 0 Å². The molecule has 7 heteroatoms. The summed E-state index contributed by atoms with van der Waals surface area (Å²) in [7, 11) is 1.57. The number of methoxy groups -OCH3 is 1. The summed E-state index contributed by atoms with van der Waals surface area (Å²) in [5.41, 5.74) is 1.26. The van der Waals surface area contributed by atoms with Crippen LogP contribution in [0.3, 0.4) is 0 Å². The summed E-state index contributed by atoms with van der Waals surface area (Å²) in [6.07, 6.45) is 2.02. The van der Waals surface area contributed by atoms with Gasteiger partial charge < -0.3 is 20.5 Å². The molecule has 27 heavy (non-hydrogen) atoms. The lowest BCUT2D eigenvalue weighted by atomic mass is 10.1. The number of hydrogen-bond acceptors (Lipinski definition) is 4. The monoisotopic (exact) mass is 432 g/mol. The average molecular weight is 433 g/mol. The van der Waals surface area contributed by atoms with E-state index in [2.05, 4.69) is 26.6 Å². The van der Waals surface area contributed by atoms with Crippen molar-refractivity contribution >= 4 is 33.8 Å². The summed E-state index contributed by atoms with van der Waals surface area (Å²) in [5, 5.41) is 14.2. The van der Waals surface area contributed by atoms with Crippen LogP contribution in [-0.4, -0.2) is 37.2 Å². The molecule has 3 N–H and O–H groups in total. The molecule has 2 aromatic rings. The Morgan fingerprint density at radius 3 is 2.48 bits per heavy atom. The third-order valence-corrected chi connectivity index (χ3v) is 4.35. The highest BCUT2D eigenvalue weighted by Crippen LogP contribution is 2.17. The normalized spacial score (nSPS) is 11.0. The highest BCUT2D eigenvalue weighted by molar-refractivity contribution is 9.10. The van der Waals surface area contributed by atoms with E-state index in [0.717, 1.165) is 5.56 Å². The smallest absolute Gasteiger partial charge is 0.267 e. The molecule has 0 radical (unpaired) electrons. The Labute approximate surface area is 166 Å². The molecule has 0 spiro atoms. The number of aliphatic hydroxyl groups excluding tert-OH is 1. The molecule has 0 aliphatic rings. The average Bonchev–Trinajstić information content (AvgIpc) is 2.68. The minimum atomic E-state index is -0.431. The lowest BCUT2D eigenvalue weighted by molar-refractivity contribution is -0.117. The Morgan fingerprint density at radius 1 is 1.15 bits per heavy atom.